The first-order valence-corrected chi connectivity index (χ1v) is 10.8. The molecule has 0 aromatic heterocycles. The second kappa shape index (κ2) is 10.6. The molecule has 0 radical (unpaired) electrons. The molecule has 0 saturated heterocycles. The van der Waals surface area contributed by atoms with Gasteiger partial charge in [0.15, 0.2) is 5.70 Å². The number of nitrogens with zero attached hydrogens (tertiary/aromatic N) is 1. The zero-order valence-corrected chi connectivity index (χ0v) is 18.3. The molecule has 3 aromatic carbocycles. The summed E-state index contributed by atoms with van der Waals surface area (Å²) in [6, 6.07) is 20.8. The maximum atomic E-state index is 13.0. The second-order valence-electron chi connectivity index (χ2n) is 7.55. The molecule has 1 aliphatic rings. The molecule has 0 saturated carbocycles. The molecule has 0 fully saturated rings. The highest BCUT2D eigenvalue weighted by molar-refractivity contribution is 6.12. The summed E-state index contributed by atoms with van der Waals surface area (Å²) in [5, 5.41) is 0. The predicted octanol–water partition coefficient (Wildman–Crippen LogP) is 5.93. The van der Waals surface area contributed by atoms with Gasteiger partial charge in [0.1, 0.15) is 23.9 Å². The molecule has 1 heterocycles. The fourth-order valence-electron chi connectivity index (χ4n) is 3.13. The van der Waals surface area contributed by atoms with Crippen LogP contribution in [0.25, 0.3) is 6.08 Å². The zero-order valence-electron chi connectivity index (χ0n) is 18.3. The van der Waals surface area contributed by atoms with E-state index in [1.165, 1.54) is 12.1 Å². The van der Waals surface area contributed by atoms with E-state index in [0.29, 0.717) is 24.5 Å². The van der Waals surface area contributed by atoms with Crippen LogP contribution in [-0.2, 0) is 16.1 Å². The number of benzene rings is 3. The molecule has 168 valence electrons. The van der Waals surface area contributed by atoms with Crippen molar-refractivity contribution in [2.75, 3.05) is 6.61 Å². The van der Waals surface area contributed by atoms with Gasteiger partial charge in [-0.25, -0.2) is 14.2 Å². The molecular weight excluding hydrogens is 421 g/mol. The van der Waals surface area contributed by atoms with Gasteiger partial charge >= 0.3 is 5.97 Å². The fraction of sp³-hybridized carbons (Fsp3) is 0.185. The lowest BCUT2D eigenvalue weighted by molar-refractivity contribution is -0.129. The standard InChI is InChI=1S/C27H24FNO4/c1-2-3-16-31-23-14-8-21(9-15-23)26-29-25(27(30)33-26)17-19-6-12-24(13-7-19)32-18-20-4-10-22(28)11-5-20/h4-15,17H,2-3,16,18H2,1H3/b25-17-. The Morgan fingerprint density at radius 3 is 2.27 bits per heavy atom. The van der Waals surface area contributed by atoms with E-state index in [4.69, 9.17) is 14.2 Å². The van der Waals surface area contributed by atoms with Gasteiger partial charge in [-0.3, -0.25) is 0 Å². The first-order chi connectivity index (χ1) is 16.1. The summed E-state index contributed by atoms with van der Waals surface area (Å²) in [7, 11) is 0. The summed E-state index contributed by atoms with van der Waals surface area (Å²) in [5.74, 6) is 0.937. The monoisotopic (exact) mass is 445 g/mol. The van der Waals surface area contributed by atoms with Gasteiger partial charge in [0.2, 0.25) is 5.90 Å². The first kappa shape index (κ1) is 22.3. The maximum absolute atomic E-state index is 13.0. The molecule has 0 spiro atoms. The minimum Gasteiger partial charge on any atom is -0.494 e. The molecule has 0 unspecified atom stereocenters. The van der Waals surface area contributed by atoms with Crippen molar-refractivity contribution >= 4 is 17.9 Å². The number of rotatable bonds is 9. The number of aliphatic imine (C=N–C) groups is 1. The third kappa shape index (κ3) is 6.07. The van der Waals surface area contributed by atoms with Crippen LogP contribution in [0.3, 0.4) is 0 Å². The summed E-state index contributed by atoms with van der Waals surface area (Å²) >= 11 is 0. The molecule has 6 heteroatoms. The van der Waals surface area contributed by atoms with Gasteiger partial charge in [-0.2, -0.15) is 0 Å². The molecule has 33 heavy (non-hydrogen) atoms. The van der Waals surface area contributed by atoms with E-state index in [1.807, 2.05) is 36.4 Å². The Labute approximate surface area is 192 Å². The molecule has 4 rings (SSSR count). The number of ether oxygens (including phenoxy) is 3. The number of esters is 1. The Morgan fingerprint density at radius 1 is 0.909 bits per heavy atom. The molecule has 0 atom stereocenters. The zero-order chi connectivity index (χ0) is 23.0. The van der Waals surface area contributed by atoms with Gasteiger partial charge in [-0.05, 0) is 72.2 Å². The highest BCUT2D eigenvalue weighted by Gasteiger charge is 2.24. The van der Waals surface area contributed by atoms with Crippen molar-refractivity contribution in [3.05, 3.63) is 101 Å². The van der Waals surface area contributed by atoms with Crippen LogP contribution in [0.5, 0.6) is 11.5 Å². The summed E-state index contributed by atoms with van der Waals surface area (Å²) in [6.45, 7) is 3.13. The van der Waals surface area contributed by atoms with E-state index >= 15 is 0 Å². The van der Waals surface area contributed by atoms with Crippen LogP contribution in [-0.4, -0.2) is 18.5 Å². The van der Waals surface area contributed by atoms with Crippen LogP contribution in [0.4, 0.5) is 4.39 Å². The summed E-state index contributed by atoms with van der Waals surface area (Å²) in [6.07, 6.45) is 3.74. The van der Waals surface area contributed by atoms with Gasteiger partial charge in [-0.1, -0.05) is 37.6 Å². The van der Waals surface area contributed by atoms with Crippen LogP contribution in [0.1, 0.15) is 36.5 Å². The Balaban J connectivity index is 1.38. The third-order valence-electron chi connectivity index (χ3n) is 4.99. The van der Waals surface area contributed by atoms with Gasteiger partial charge in [0, 0.05) is 5.56 Å². The summed E-state index contributed by atoms with van der Waals surface area (Å²) in [4.78, 5) is 16.6. The van der Waals surface area contributed by atoms with Crippen LogP contribution in [0.2, 0.25) is 0 Å². The number of carbonyl (C=O) groups excluding carboxylic acids is 1. The molecule has 0 bridgehead atoms. The first-order valence-electron chi connectivity index (χ1n) is 10.8. The quantitative estimate of drug-likeness (QED) is 0.233. The lowest BCUT2D eigenvalue weighted by Crippen LogP contribution is -2.05. The summed E-state index contributed by atoms with van der Waals surface area (Å²) in [5.41, 5.74) is 2.60. The Bertz CT molecular complexity index is 1150. The lowest BCUT2D eigenvalue weighted by atomic mass is 10.2. The van der Waals surface area contributed by atoms with E-state index < -0.39 is 5.97 Å². The predicted molar refractivity (Wildman–Crippen MR) is 125 cm³/mol. The number of halogens is 1. The molecule has 0 aliphatic carbocycles. The van der Waals surface area contributed by atoms with Crippen LogP contribution in [0.15, 0.2) is 83.5 Å². The van der Waals surface area contributed by atoms with Crippen molar-refractivity contribution < 1.29 is 23.4 Å². The normalized spacial score (nSPS) is 14.2. The van der Waals surface area contributed by atoms with Crippen molar-refractivity contribution in [1.82, 2.24) is 0 Å². The highest BCUT2D eigenvalue weighted by atomic mass is 19.1. The average molecular weight is 445 g/mol. The molecule has 3 aromatic rings. The number of carbonyl (C=O) groups is 1. The van der Waals surface area contributed by atoms with Crippen molar-refractivity contribution in [2.24, 2.45) is 4.99 Å². The number of cyclic esters (lactones) is 1. The van der Waals surface area contributed by atoms with E-state index in [1.54, 1.807) is 30.3 Å². The van der Waals surface area contributed by atoms with Crippen molar-refractivity contribution in [3.8, 4) is 11.5 Å². The Hall–Kier alpha value is -3.93. The maximum Gasteiger partial charge on any atom is 0.363 e. The highest BCUT2D eigenvalue weighted by Crippen LogP contribution is 2.22. The SMILES string of the molecule is CCCCOc1ccc(C2=N/C(=C\c3ccc(OCc4ccc(F)cc4)cc3)C(=O)O2)cc1. The molecular formula is C27H24FNO4. The van der Waals surface area contributed by atoms with Gasteiger partial charge in [0.05, 0.1) is 6.61 Å². The van der Waals surface area contributed by atoms with Crippen molar-refractivity contribution in [3.63, 3.8) is 0 Å². The minimum atomic E-state index is -0.495. The molecule has 0 amide bonds. The lowest BCUT2D eigenvalue weighted by Gasteiger charge is -2.06. The fourth-order valence-corrected chi connectivity index (χ4v) is 3.13. The number of hydrogen-bond donors (Lipinski definition) is 0. The molecule has 0 N–H and O–H groups in total. The van der Waals surface area contributed by atoms with E-state index in [9.17, 15) is 9.18 Å². The smallest absolute Gasteiger partial charge is 0.363 e. The summed E-state index contributed by atoms with van der Waals surface area (Å²) < 4.78 is 29.7. The van der Waals surface area contributed by atoms with Crippen molar-refractivity contribution in [1.29, 1.82) is 0 Å². The van der Waals surface area contributed by atoms with E-state index in [-0.39, 0.29) is 17.4 Å². The minimum absolute atomic E-state index is 0.230. The van der Waals surface area contributed by atoms with Crippen molar-refractivity contribution in [2.45, 2.75) is 26.4 Å². The Morgan fingerprint density at radius 2 is 1.58 bits per heavy atom. The van der Waals surface area contributed by atoms with Gasteiger partial charge < -0.3 is 14.2 Å². The van der Waals surface area contributed by atoms with Crippen LogP contribution >= 0.6 is 0 Å². The van der Waals surface area contributed by atoms with E-state index in [0.717, 1.165) is 29.7 Å². The third-order valence-corrected chi connectivity index (χ3v) is 4.99. The average Bonchev–Trinajstić information content (AvgIpc) is 3.20. The van der Waals surface area contributed by atoms with Crippen LogP contribution < -0.4 is 9.47 Å². The second-order valence-corrected chi connectivity index (χ2v) is 7.55. The van der Waals surface area contributed by atoms with Crippen LogP contribution in [0, 0.1) is 5.82 Å². The largest absolute Gasteiger partial charge is 0.494 e. The Kier molecular flexibility index (Phi) is 7.15. The molecule has 5 nitrogen and oxygen atoms in total. The van der Waals surface area contributed by atoms with Gasteiger partial charge in [-0.15, -0.1) is 0 Å². The molecule has 1 aliphatic heterocycles. The topological polar surface area (TPSA) is 57.1 Å². The number of hydrogen-bond acceptors (Lipinski definition) is 5. The van der Waals surface area contributed by atoms with E-state index in [2.05, 4.69) is 11.9 Å². The number of unbranched alkanes of at least 4 members (excludes halogenated alkanes) is 1. The van der Waals surface area contributed by atoms with Gasteiger partial charge in [0.25, 0.3) is 0 Å².